The molecule has 0 saturated carbocycles. The number of piperidine rings is 1. The van der Waals surface area contributed by atoms with Crippen molar-refractivity contribution in [3.8, 4) is 0 Å². The van der Waals surface area contributed by atoms with Crippen LogP contribution in [-0.4, -0.2) is 35.6 Å². The minimum absolute atomic E-state index is 0.155. The van der Waals surface area contributed by atoms with Crippen molar-refractivity contribution >= 4 is 11.8 Å². The highest BCUT2D eigenvalue weighted by atomic mass is 16.5. The topological polar surface area (TPSA) is 55.3 Å². The first-order valence-electron chi connectivity index (χ1n) is 6.33. The monoisotopic (exact) mass is 249 g/mol. The number of hydrogen-bond acceptors (Lipinski definition) is 5. The van der Waals surface area contributed by atoms with E-state index in [9.17, 15) is 4.79 Å². The molecule has 0 aromatic carbocycles. The lowest BCUT2D eigenvalue weighted by Crippen LogP contribution is -2.41. The van der Waals surface area contributed by atoms with E-state index in [4.69, 9.17) is 4.74 Å². The third-order valence-electron chi connectivity index (χ3n) is 3.34. The van der Waals surface area contributed by atoms with Gasteiger partial charge in [-0.15, -0.1) is 0 Å². The summed E-state index contributed by atoms with van der Waals surface area (Å²) in [5, 5.41) is 0. The zero-order valence-electron chi connectivity index (χ0n) is 10.9. The van der Waals surface area contributed by atoms with Gasteiger partial charge in [0.2, 0.25) is 0 Å². The Morgan fingerprint density at radius 2 is 2.33 bits per heavy atom. The van der Waals surface area contributed by atoms with Gasteiger partial charge in [-0.25, -0.2) is 9.97 Å². The normalized spacial score (nSPS) is 19.7. The molecule has 0 spiro atoms. The smallest absolute Gasteiger partial charge is 0.307 e. The van der Waals surface area contributed by atoms with Crippen LogP contribution in [0.15, 0.2) is 12.4 Å². The van der Waals surface area contributed by atoms with Gasteiger partial charge in [0.1, 0.15) is 12.1 Å². The Labute approximate surface area is 107 Å². The summed E-state index contributed by atoms with van der Waals surface area (Å²) in [4.78, 5) is 22.1. The predicted octanol–water partition coefficient (Wildman–Crippen LogP) is 1.71. The summed E-state index contributed by atoms with van der Waals surface area (Å²) in [6.45, 7) is 2.89. The van der Waals surface area contributed by atoms with E-state index < -0.39 is 0 Å². The molecule has 1 saturated heterocycles. The maximum Gasteiger partial charge on any atom is 0.307 e. The molecule has 1 aliphatic rings. The van der Waals surface area contributed by atoms with Crippen LogP contribution >= 0.6 is 0 Å². The highest BCUT2D eigenvalue weighted by molar-refractivity contribution is 5.70. The summed E-state index contributed by atoms with van der Waals surface area (Å²) in [5.74, 6) is 0.758. The van der Waals surface area contributed by atoms with E-state index in [2.05, 4.69) is 14.9 Å². The summed E-state index contributed by atoms with van der Waals surface area (Å²) in [5.41, 5.74) is 0.947. The van der Waals surface area contributed by atoms with Crippen molar-refractivity contribution < 1.29 is 9.53 Å². The van der Waals surface area contributed by atoms with Crippen LogP contribution < -0.4 is 4.90 Å². The van der Waals surface area contributed by atoms with Gasteiger partial charge in [-0.2, -0.15) is 0 Å². The van der Waals surface area contributed by atoms with Gasteiger partial charge in [0.15, 0.2) is 0 Å². The Hall–Kier alpha value is -1.65. The number of ether oxygens (including phenoxy) is 1. The van der Waals surface area contributed by atoms with E-state index >= 15 is 0 Å². The first-order valence-corrected chi connectivity index (χ1v) is 6.33. The molecule has 2 heterocycles. The molecule has 18 heavy (non-hydrogen) atoms. The third-order valence-corrected chi connectivity index (χ3v) is 3.34. The van der Waals surface area contributed by atoms with Gasteiger partial charge < -0.3 is 9.64 Å². The molecule has 1 fully saturated rings. The summed E-state index contributed by atoms with van der Waals surface area (Å²) < 4.78 is 4.76. The number of nitrogens with zero attached hydrogens (tertiary/aromatic N) is 3. The van der Waals surface area contributed by atoms with E-state index in [1.165, 1.54) is 7.11 Å². The van der Waals surface area contributed by atoms with Gasteiger partial charge in [-0.3, -0.25) is 4.79 Å². The SMILES string of the molecule is COC(=O)CC1CCCCN1c1cc(C)ncn1. The zero-order chi connectivity index (χ0) is 13.0. The number of aryl methyl sites for hydroxylation is 1. The molecule has 1 aromatic rings. The molecule has 5 nitrogen and oxygen atoms in total. The highest BCUT2D eigenvalue weighted by Gasteiger charge is 2.26. The fourth-order valence-corrected chi connectivity index (χ4v) is 2.39. The first-order chi connectivity index (χ1) is 8.70. The fourth-order valence-electron chi connectivity index (χ4n) is 2.39. The molecular formula is C13H19N3O2. The van der Waals surface area contributed by atoms with Crippen LogP contribution in [0.3, 0.4) is 0 Å². The molecule has 98 valence electrons. The second-order valence-electron chi connectivity index (χ2n) is 4.64. The number of esters is 1. The minimum atomic E-state index is -0.155. The summed E-state index contributed by atoms with van der Waals surface area (Å²) in [6.07, 6.45) is 5.31. The number of methoxy groups -OCH3 is 1. The standard InChI is InChI=1S/C13H19N3O2/c1-10-7-12(15-9-14-10)16-6-4-3-5-11(16)8-13(17)18-2/h7,9,11H,3-6,8H2,1-2H3. The maximum absolute atomic E-state index is 11.4. The molecule has 5 heteroatoms. The Bertz CT molecular complexity index is 422. The number of rotatable bonds is 3. The van der Waals surface area contributed by atoms with E-state index in [1.54, 1.807) is 6.33 Å². The number of carbonyl (C=O) groups is 1. The Balaban J connectivity index is 2.14. The molecule has 1 aliphatic heterocycles. The zero-order valence-corrected chi connectivity index (χ0v) is 10.9. The van der Waals surface area contributed by atoms with E-state index in [0.29, 0.717) is 6.42 Å². The van der Waals surface area contributed by atoms with Crippen LogP contribution in [-0.2, 0) is 9.53 Å². The molecule has 0 radical (unpaired) electrons. The molecule has 2 rings (SSSR count). The summed E-state index contributed by atoms with van der Waals surface area (Å²) >= 11 is 0. The average molecular weight is 249 g/mol. The second-order valence-corrected chi connectivity index (χ2v) is 4.64. The van der Waals surface area contributed by atoms with Crippen molar-refractivity contribution in [1.82, 2.24) is 9.97 Å². The van der Waals surface area contributed by atoms with Crippen molar-refractivity contribution in [1.29, 1.82) is 0 Å². The van der Waals surface area contributed by atoms with E-state index in [-0.39, 0.29) is 12.0 Å². The summed E-state index contributed by atoms with van der Waals surface area (Å²) in [6, 6.07) is 2.16. The van der Waals surface area contributed by atoms with Gasteiger partial charge >= 0.3 is 5.97 Å². The van der Waals surface area contributed by atoms with Crippen LogP contribution in [0, 0.1) is 6.92 Å². The van der Waals surface area contributed by atoms with Crippen molar-refractivity contribution in [2.75, 3.05) is 18.6 Å². The molecule has 1 aromatic heterocycles. The van der Waals surface area contributed by atoms with Crippen LogP contribution in [0.2, 0.25) is 0 Å². The third kappa shape index (κ3) is 2.97. The molecule has 0 bridgehead atoms. The molecule has 0 amide bonds. The largest absolute Gasteiger partial charge is 0.469 e. The first kappa shape index (κ1) is 12.8. The molecule has 0 N–H and O–H groups in total. The molecule has 1 unspecified atom stereocenters. The van der Waals surface area contributed by atoms with E-state index in [0.717, 1.165) is 37.3 Å². The van der Waals surface area contributed by atoms with Gasteiger partial charge in [0, 0.05) is 24.3 Å². The molecular weight excluding hydrogens is 230 g/mol. The lowest BCUT2D eigenvalue weighted by atomic mass is 9.99. The van der Waals surface area contributed by atoms with Gasteiger partial charge in [-0.1, -0.05) is 0 Å². The van der Waals surface area contributed by atoms with Gasteiger partial charge in [0.25, 0.3) is 0 Å². The second kappa shape index (κ2) is 5.80. The summed E-state index contributed by atoms with van der Waals surface area (Å²) in [7, 11) is 1.43. The minimum Gasteiger partial charge on any atom is -0.469 e. The maximum atomic E-state index is 11.4. The fraction of sp³-hybridized carbons (Fsp3) is 0.615. The highest BCUT2D eigenvalue weighted by Crippen LogP contribution is 2.25. The molecule has 0 aliphatic carbocycles. The Morgan fingerprint density at radius 1 is 1.50 bits per heavy atom. The number of anilines is 1. The predicted molar refractivity (Wildman–Crippen MR) is 68.4 cm³/mol. The van der Waals surface area contributed by atoms with Crippen molar-refractivity contribution in [2.45, 2.75) is 38.6 Å². The van der Waals surface area contributed by atoms with Crippen LogP contribution in [0.4, 0.5) is 5.82 Å². The van der Waals surface area contributed by atoms with Crippen LogP contribution in [0.1, 0.15) is 31.4 Å². The van der Waals surface area contributed by atoms with E-state index in [1.807, 2.05) is 13.0 Å². The number of aromatic nitrogens is 2. The lowest BCUT2D eigenvalue weighted by Gasteiger charge is -2.36. The van der Waals surface area contributed by atoms with Crippen LogP contribution in [0.25, 0.3) is 0 Å². The average Bonchev–Trinajstić information content (AvgIpc) is 2.39. The van der Waals surface area contributed by atoms with Crippen molar-refractivity contribution in [3.05, 3.63) is 18.1 Å². The number of carbonyl (C=O) groups excluding carboxylic acids is 1. The van der Waals surface area contributed by atoms with Gasteiger partial charge in [0.05, 0.1) is 13.5 Å². The Kier molecular flexibility index (Phi) is 4.12. The molecule has 1 atom stereocenters. The lowest BCUT2D eigenvalue weighted by molar-refractivity contribution is -0.141. The Morgan fingerprint density at radius 3 is 3.06 bits per heavy atom. The van der Waals surface area contributed by atoms with Crippen molar-refractivity contribution in [3.63, 3.8) is 0 Å². The quantitative estimate of drug-likeness (QED) is 0.763. The number of hydrogen-bond donors (Lipinski definition) is 0. The van der Waals surface area contributed by atoms with Crippen molar-refractivity contribution in [2.24, 2.45) is 0 Å². The van der Waals surface area contributed by atoms with Gasteiger partial charge in [-0.05, 0) is 26.2 Å². The van der Waals surface area contributed by atoms with Crippen LogP contribution in [0.5, 0.6) is 0 Å².